The fraction of sp³-hybridized carbons (Fsp3) is 0.300. The van der Waals surface area contributed by atoms with Crippen LogP contribution in [0.1, 0.15) is 23.2 Å². The van der Waals surface area contributed by atoms with E-state index >= 15 is 0 Å². The molecule has 1 unspecified atom stereocenters. The van der Waals surface area contributed by atoms with Gasteiger partial charge in [0, 0.05) is 35.1 Å². The van der Waals surface area contributed by atoms with Crippen LogP contribution in [0.5, 0.6) is 0 Å². The lowest BCUT2D eigenvalue weighted by atomic mass is 10.1. The van der Waals surface area contributed by atoms with Crippen molar-refractivity contribution in [3.05, 3.63) is 59.1 Å². The zero-order valence-corrected chi connectivity index (χ0v) is 15.6. The summed E-state index contributed by atoms with van der Waals surface area (Å²) in [5, 5.41) is 9.23. The number of carbonyl (C=O) groups excluding carboxylic acids is 2. The van der Waals surface area contributed by atoms with Gasteiger partial charge in [0.25, 0.3) is 5.91 Å². The van der Waals surface area contributed by atoms with Crippen LogP contribution < -0.4 is 16.0 Å². The van der Waals surface area contributed by atoms with E-state index in [0.29, 0.717) is 28.5 Å². The topological polar surface area (TPSA) is 79.5 Å². The molecule has 1 aliphatic heterocycles. The third-order valence-corrected chi connectivity index (χ3v) is 4.44. The molecule has 1 atom stereocenters. The van der Waals surface area contributed by atoms with E-state index in [2.05, 4.69) is 16.0 Å². The molecule has 27 heavy (non-hydrogen) atoms. The fourth-order valence-electron chi connectivity index (χ4n) is 2.84. The number of nitrogens with one attached hydrogen (secondary N) is 3. The number of benzene rings is 2. The molecule has 2 aromatic carbocycles. The molecule has 1 fully saturated rings. The predicted octanol–water partition coefficient (Wildman–Crippen LogP) is 3.30. The van der Waals surface area contributed by atoms with Gasteiger partial charge < -0.3 is 20.7 Å². The van der Waals surface area contributed by atoms with E-state index in [-0.39, 0.29) is 24.5 Å². The van der Waals surface area contributed by atoms with E-state index in [1.54, 1.807) is 42.5 Å². The Kier molecular flexibility index (Phi) is 6.68. The van der Waals surface area contributed by atoms with Crippen LogP contribution in [-0.2, 0) is 9.53 Å². The van der Waals surface area contributed by atoms with Crippen molar-refractivity contribution >= 4 is 34.8 Å². The summed E-state index contributed by atoms with van der Waals surface area (Å²) in [5.74, 6) is -0.358. The Labute approximate surface area is 163 Å². The highest BCUT2D eigenvalue weighted by Crippen LogP contribution is 2.15. The number of halogens is 1. The van der Waals surface area contributed by atoms with Crippen molar-refractivity contribution in [2.75, 3.05) is 30.3 Å². The molecular weight excluding hydrogens is 366 g/mol. The smallest absolute Gasteiger partial charge is 0.251 e. The third kappa shape index (κ3) is 5.98. The van der Waals surface area contributed by atoms with Crippen LogP contribution in [0.2, 0.25) is 5.02 Å². The number of hydrogen-bond acceptors (Lipinski definition) is 4. The number of amides is 2. The number of carbonyl (C=O) groups is 2. The van der Waals surface area contributed by atoms with Gasteiger partial charge in [-0.3, -0.25) is 9.59 Å². The first-order valence-electron chi connectivity index (χ1n) is 8.89. The minimum atomic E-state index is -0.203. The van der Waals surface area contributed by atoms with Crippen LogP contribution in [-0.4, -0.2) is 37.6 Å². The molecule has 1 heterocycles. The molecular formula is C20H22ClN3O3. The molecule has 0 saturated carbocycles. The number of anilines is 2. The second-order valence-corrected chi connectivity index (χ2v) is 6.77. The monoisotopic (exact) mass is 387 g/mol. The largest absolute Gasteiger partial charge is 0.376 e. The lowest BCUT2D eigenvalue weighted by Gasteiger charge is -2.12. The van der Waals surface area contributed by atoms with Crippen LogP contribution in [0.25, 0.3) is 0 Å². The van der Waals surface area contributed by atoms with Crippen molar-refractivity contribution < 1.29 is 14.3 Å². The average Bonchev–Trinajstić information content (AvgIpc) is 3.18. The molecule has 142 valence electrons. The first-order chi connectivity index (χ1) is 13.1. The normalized spacial score (nSPS) is 16.0. The van der Waals surface area contributed by atoms with Crippen molar-refractivity contribution in [3.63, 3.8) is 0 Å². The summed E-state index contributed by atoms with van der Waals surface area (Å²) >= 11 is 5.90. The van der Waals surface area contributed by atoms with Crippen LogP contribution in [0.4, 0.5) is 11.4 Å². The molecule has 1 aliphatic rings. The highest BCUT2D eigenvalue weighted by molar-refractivity contribution is 6.30. The highest BCUT2D eigenvalue weighted by atomic mass is 35.5. The molecule has 3 N–H and O–H groups in total. The Morgan fingerprint density at radius 2 is 1.93 bits per heavy atom. The minimum absolute atomic E-state index is 0.0769. The Hall–Kier alpha value is -2.57. The summed E-state index contributed by atoms with van der Waals surface area (Å²) in [6.07, 6.45) is 2.12. The average molecular weight is 388 g/mol. The van der Waals surface area contributed by atoms with Crippen molar-refractivity contribution in [3.8, 4) is 0 Å². The summed E-state index contributed by atoms with van der Waals surface area (Å²) in [4.78, 5) is 24.3. The van der Waals surface area contributed by atoms with Gasteiger partial charge in [-0.1, -0.05) is 23.7 Å². The second kappa shape index (κ2) is 9.39. The molecule has 2 aromatic rings. The van der Waals surface area contributed by atoms with Gasteiger partial charge in [0.2, 0.25) is 5.91 Å². The number of ether oxygens (including phenoxy) is 1. The molecule has 0 spiro atoms. The molecule has 0 aromatic heterocycles. The second-order valence-electron chi connectivity index (χ2n) is 6.34. The molecule has 0 radical (unpaired) electrons. The zero-order valence-electron chi connectivity index (χ0n) is 14.8. The van der Waals surface area contributed by atoms with E-state index in [0.717, 1.165) is 19.4 Å². The van der Waals surface area contributed by atoms with E-state index in [1.165, 1.54) is 0 Å². The molecule has 0 aliphatic carbocycles. The maximum absolute atomic E-state index is 12.3. The molecule has 6 nitrogen and oxygen atoms in total. The van der Waals surface area contributed by atoms with Gasteiger partial charge in [-0.05, 0) is 49.2 Å². The molecule has 1 saturated heterocycles. The van der Waals surface area contributed by atoms with Crippen LogP contribution in [0.3, 0.4) is 0 Å². The molecule has 0 bridgehead atoms. The lowest BCUT2D eigenvalue weighted by Crippen LogP contribution is -2.31. The predicted molar refractivity (Wildman–Crippen MR) is 106 cm³/mol. The molecule has 7 heteroatoms. The van der Waals surface area contributed by atoms with Gasteiger partial charge in [0.15, 0.2) is 0 Å². The first kappa shape index (κ1) is 19.2. The van der Waals surface area contributed by atoms with E-state index < -0.39 is 0 Å². The van der Waals surface area contributed by atoms with Crippen molar-refractivity contribution in [2.24, 2.45) is 0 Å². The summed E-state index contributed by atoms with van der Waals surface area (Å²) in [7, 11) is 0. The van der Waals surface area contributed by atoms with Gasteiger partial charge in [-0.2, -0.15) is 0 Å². The summed E-state index contributed by atoms with van der Waals surface area (Å²) in [6, 6.07) is 14.0. The van der Waals surface area contributed by atoms with Crippen molar-refractivity contribution in [1.82, 2.24) is 5.32 Å². The lowest BCUT2D eigenvalue weighted by molar-refractivity contribution is -0.114. The maximum Gasteiger partial charge on any atom is 0.251 e. The maximum atomic E-state index is 12.3. The van der Waals surface area contributed by atoms with E-state index in [9.17, 15) is 9.59 Å². The summed E-state index contributed by atoms with van der Waals surface area (Å²) in [5.41, 5.74) is 1.87. The van der Waals surface area contributed by atoms with Gasteiger partial charge in [-0.15, -0.1) is 0 Å². The van der Waals surface area contributed by atoms with Crippen LogP contribution >= 0.6 is 11.6 Å². The standard InChI is InChI=1S/C20H22ClN3O3/c21-15-5-2-7-17(11-15)24-19(25)13-22-16-6-1-4-14(10-16)20(26)23-12-18-8-3-9-27-18/h1-2,4-7,10-11,18,22H,3,8-9,12-13H2,(H,23,26)(H,24,25). The van der Waals surface area contributed by atoms with E-state index in [4.69, 9.17) is 16.3 Å². The summed E-state index contributed by atoms with van der Waals surface area (Å²) < 4.78 is 5.50. The Morgan fingerprint density at radius 1 is 1.11 bits per heavy atom. The SMILES string of the molecule is O=C(CNc1cccc(C(=O)NCC2CCCO2)c1)Nc1cccc(Cl)c1. The number of rotatable bonds is 7. The van der Waals surface area contributed by atoms with Crippen LogP contribution in [0, 0.1) is 0 Å². The van der Waals surface area contributed by atoms with Crippen molar-refractivity contribution in [1.29, 1.82) is 0 Å². The van der Waals surface area contributed by atoms with Crippen molar-refractivity contribution in [2.45, 2.75) is 18.9 Å². The first-order valence-corrected chi connectivity index (χ1v) is 9.27. The summed E-state index contributed by atoms with van der Waals surface area (Å²) in [6.45, 7) is 1.35. The molecule has 2 amide bonds. The fourth-order valence-corrected chi connectivity index (χ4v) is 3.03. The van der Waals surface area contributed by atoms with Gasteiger partial charge >= 0.3 is 0 Å². The van der Waals surface area contributed by atoms with Gasteiger partial charge in [0.05, 0.1) is 12.6 Å². The minimum Gasteiger partial charge on any atom is -0.376 e. The van der Waals surface area contributed by atoms with E-state index in [1.807, 2.05) is 6.07 Å². The zero-order chi connectivity index (χ0) is 19.1. The Balaban J connectivity index is 1.49. The molecule has 3 rings (SSSR count). The third-order valence-electron chi connectivity index (χ3n) is 4.20. The van der Waals surface area contributed by atoms with Crippen LogP contribution in [0.15, 0.2) is 48.5 Å². The Bertz CT molecular complexity index is 807. The Morgan fingerprint density at radius 3 is 2.70 bits per heavy atom. The quantitative estimate of drug-likeness (QED) is 0.681. The van der Waals surface area contributed by atoms with Gasteiger partial charge in [0.1, 0.15) is 0 Å². The number of hydrogen-bond donors (Lipinski definition) is 3. The highest BCUT2D eigenvalue weighted by Gasteiger charge is 2.16. The van der Waals surface area contributed by atoms with Gasteiger partial charge in [-0.25, -0.2) is 0 Å².